The Morgan fingerprint density at radius 1 is 1.54 bits per heavy atom. The van der Waals surface area contributed by atoms with Crippen LogP contribution in [0.15, 0.2) is 18.2 Å². The van der Waals surface area contributed by atoms with E-state index in [2.05, 4.69) is 0 Å². The molecule has 0 radical (unpaired) electrons. The van der Waals surface area contributed by atoms with E-state index in [0.717, 1.165) is 17.5 Å². The first kappa shape index (κ1) is 10.4. The van der Waals surface area contributed by atoms with E-state index >= 15 is 0 Å². The standard InChI is InChI=1S/C10H14ClNO/c1-7(13)9-3-2-8(4-5-11)6-10(9)12/h2-3,6-7,13H,4-5,12H2,1H3/t7-/m1/s1. The molecule has 0 aliphatic carbocycles. The molecule has 1 rings (SSSR count). The van der Waals surface area contributed by atoms with Crippen LogP contribution in [0.2, 0.25) is 0 Å². The van der Waals surface area contributed by atoms with Crippen molar-refractivity contribution in [3.8, 4) is 0 Å². The van der Waals surface area contributed by atoms with Crippen LogP contribution in [0.3, 0.4) is 0 Å². The first-order chi connectivity index (χ1) is 6.15. The van der Waals surface area contributed by atoms with E-state index in [0.29, 0.717) is 11.6 Å². The molecule has 0 spiro atoms. The zero-order chi connectivity index (χ0) is 9.84. The van der Waals surface area contributed by atoms with E-state index in [1.807, 2.05) is 18.2 Å². The van der Waals surface area contributed by atoms with Crippen LogP contribution in [0.4, 0.5) is 5.69 Å². The summed E-state index contributed by atoms with van der Waals surface area (Å²) in [5.74, 6) is 0.591. The lowest BCUT2D eigenvalue weighted by Crippen LogP contribution is -1.99. The van der Waals surface area contributed by atoms with E-state index in [-0.39, 0.29) is 0 Å². The van der Waals surface area contributed by atoms with Crippen molar-refractivity contribution in [2.75, 3.05) is 11.6 Å². The SMILES string of the molecule is C[C@@H](O)c1ccc(CCCl)cc1N. The number of hydrogen-bond donors (Lipinski definition) is 2. The number of nitrogen functional groups attached to an aromatic ring is 1. The molecule has 0 saturated heterocycles. The maximum absolute atomic E-state index is 9.32. The summed E-state index contributed by atoms with van der Waals surface area (Å²) in [4.78, 5) is 0. The number of aryl methyl sites for hydroxylation is 1. The molecule has 1 aromatic carbocycles. The fourth-order valence-electron chi connectivity index (χ4n) is 1.27. The third-order valence-corrected chi connectivity index (χ3v) is 2.17. The topological polar surface area (TPSA) is 46.2 Å². The minimum Gasteiger partial charge on any atom is -0.398 e. The minimum atomic E-state index is -0.509. The smallest absolute Gasteiger partial charge is 0.0781 e. The maximum Gasteiger partial charge on any atom is 0.0781 e. The van der Waals surface area contributed by atoms with Crippen molar-refractivity contribution >= 4 is 17.3 Å². The molecule has 0 heterocycles. The van der Waals surface area contributed by atoms with Crippen molar-refractivity contribution < 1.29 is 5.11 Å². The van der Waals surface area contributed by atoms with Gasteiger partial charge in [0.1, 0.15) is 0 Å². The minimum absolute atomic E-state index is 0.509. The molecule has 0 amide bonds. The number of benzene rings is 1. The average Bonchev–Trinajstić information content (AvgIpc) is 2.04. The molecule has 13 heavy (non-hydrogen) atoms. The molecule has 2 nitrogen and oxygen atoms in total. The van der Waals surface area contributed by atoms with Gasteiger partial charge in [0.05, 0.1) is 6.10 Å². The predicted octanol–water partition coefficient (Wildman–Crippen LogP) is 2.10. The Labute approximate surface area is 83.3 Å². The third kappa shape index (κ3) is 2.61. The summed E-state index contributed by atoms with van der Waals surface area (Å²) in [5.41, 5.74) is 8.27. The van der Waals surface area contributed by atoms with E-state index in [1.54, 1.807) is 6.92 Å². The Bertz CT molecular complexity index is 286. The highest BCUT2D eigenvalue weighted by Crippen LogP contribution is 2.21. The van der Waals surface area contributed by atoms with Crippen molar-refractivity contribution in [1.29, 1.82) is 0 Å². The fourth-order valence-corrected chi connectivity index (χ4v) is 1.49. The lowest BCUT2D eigenvalue weighted by molar-refractivity contribution is 0.200. The van der Waals surface area contributed by atoms with Crippen molar-refractivity contribution in [1.82, 2.24) is 0 Å². The van der Waals surface area contributed by atoms with Crippen molar-refractivity contribution in [3.05, 3.63) is 29.3 Å². The van der Waals surface area contributed by atoms with Gasteiger partial charge in [-0.25, -0.2) is 0 Å². The van der Waals surface area contributed by atoms with Gasteiger partial charge in [-0.15, -0.1) is 11.6 Å². The van der Waals surface area contributed by atoms with Gasteiger partial charge in [-0.05, 0) is 25.0 Å². The second kappa shape index (κ2) is 4.49. The van der Waals surface area contributed by atoms with Crippen molar-refractivity contribution in [2.24, 2.45) is 0 Å². The van der Waals surface area contributed by atoms with E-state index < -0.39 is 6.10 Å². The quantitative estimate of drug-likeness (QED) is 0.579. The number of nitrogens with two attached hydrogens (primary N) is 1. The van der Waals surface area contributed by atoms with Crippen LogP contribution in [-0.2, 0) is 6.42 Å². The second-order valence-electron chi connectivity index (χ2n) is 3.08. The van der Waals surface area contributed by atoms with E-state index in [1.165, 1.54) is 0 Å². The first-order valence-corrected chi connectivity index (χ1v) is 4.81. The monoisotopic (exact) mass is 199 g/mol. The first-order valence-electron chi connectivity index (χ1n) is 4.27. The van der Waals surface area contributed by atoms with Gasteiger partial charge in [0, 0.05) is 17.1 Å². The van der Waals surface area contributed by atoms with Gasteiger partial charge in [0.15, 0.2) is 0 Å². The Hall–Kier alpha value is -0.730. The molecule has 0 aromatic heterocycles. The van der Waals surface area contributed by atoms with Crippen molar-refractivity contribution in [3.63, 3.8) is 0 Å². The second-order valence-corrected chi connectivity index (χ2v) is 3.46. The normalized spacial score (nSPS) is 12.8. The summed E-state index contributed by atoms with van der Waals surface area (Å²) >= 11 is 5.60. The zero-order valence-corrected chi connectivity index (χ0v) is 8.38. The molecule has 0 aliphatic heterocycles. The zero-order valence-electron chi connectivity index (χ0n) is 7.63. The Kier molecular flexibility index (Phi) is 3.58. The van der Waals surface area contributed by atoms with Crippen LogP contribution in [0.1, 0.15) is 24.2 Å². The van der Waals surface area contributed by atoms with Gasteiger partial charge in [-0.3, -0.25) is 0 Å². The van der Waals surface area contributed by atoms with Crippen LogP contribution in [0.25, 0.3) is 0 Å². The highest BCUT2D eigenvalue weighted by molar-refractivity contribution is 6.17. The lowest BCUT2D eigenvalue weighted by atomic mass is 10.0. The van der Waals surface area contributed by atoms with Gasteiger partial charge in [0.2, 0.25) is 0 Å². The lowest BCUT2D eigenvalue weighted by Gasteiger charge is -2.09. The molecule has 0 fully saturated rings. The number of alkyl halides is 1. The molecular weight excluding hydrogens is 186 g/mol. The Morgan fingerprint density at radius 3 is 2.69 bits per heavy atom. The Balaban J connectivity index is 2.92. The van der Waals surface area contributed by atoms with Crippen LogP contribution in [0.5, 0.6) is 0 Å². The number of halogens is 1. The molecule has 0 aliphatic rings. The van der Waals surface area contributed by atoms with Gasteiger partial charge in [-0.2, -0.15) is 0 Å². The van der Waals surface area contributed by atoms with Gasteiger partial charge in [-0.1, -0.05) is 12.1 Å². The van der Waals surface area contributed by atoms with Gasteiger partial charge < -0.3 is 10.8 Å². The number of hydrogen-bond acceptors (Lipinski definition) is 2. The molecule has 1 aromatic rings. The number of aliphatic hydroxyl groups is 1. The highest BCUT2D eigenvalue weighted by Gasteiger charge is 2.05. The average molecular weight is 200 g/mol. The van der Waals surface area contributed by atoms with Gasteiger partial charge >= 0.3 is 0 Å². The fraction of sp³-hybridized carbons (Fsp3) is 0.400. The third-order valence-electron chi connectivity index (χ3n) is 1.98. The summed E-state index contributed by atoms with van der Waals surface area (Å²) in [6.45, 7) is 1.70. The molecular formula is C10H14ClNO. The summed E-state index contributed by atoms with van der Waals surface area (Å²) in [6.07, 6.45) is 0.302. The van der Waals surface area contributed by atoms with Crippen molar-refractivity contribution in [2.45, 2.75) is 19.4 Å². The summed E-state index contributed by atoms with van der Waals surface area (Å²) < 4.78 is 0. The number of anilines is 1. The van der Waals surface area contributed by atoms with E-state index in [9.17, 15) is 5.11 Å². The molecule has 0 bridgehead atoms. The van der Waals surface area contributed by atoms with Crippen LogP contribution in [0, 0.1) is 0 Å². The molecule has 72 valence electrons. The largest absolute Gasteiger partial charge is 0.398 e. The molecule has 3 heteroatoms. The highest BCUT2D eigenvalue weighted by atomic mass is 35.5. The maximum atomic E-state index is 9.32. The molecule has 1 atom stereocenters. The number of aliphatic hydroxyl groups excluding tert-OH is 1. The number of rotatable bonds is 3. The summed E-state index contributed by atoms with van der Waals surface area (Å²) in [7, 11) is 0. The Morgan fingerprint density at radius 2 is 2.23 bits per heavy atom. The van der Waals surface area contributed by atoms with Crippen LogP contribution < -0.4 is 5.73 Å². The summed E-state index contributed by atoms with van der Waals surface area (Å²) in [6, 6.07) is 5.66. The molecule has 0 saturated carbocycles. The molecule has 0 unspecified atom stereocenters. The van der Waals surface area contributed by atoms with Gasteiger partial charge in [0.25, 0.3) is 0 Å². The summed E-state index contributed by atoms with van der Waals surface area (Å²) in [5, 5.41) is 9.32. The predicted molar refractivity (Wildman–Crippen MR) is 55.9 cm³/mol. The molecule has 3 N–H and O–H groups in total. The van der Waals surface area contributed by atoms with E-state index in [4.69, 9.17) is 17.3 Å². The van der Waals surface area contributed by atoms with Crippen LogP contribution in [-0.4, -0.2) is 11.0 Å². The van der Waals surface area contributed by atoms with Crippen LogP contribution >= 0.6 is 11.6 Å².